The molecule has 1 amide bonds. The molecule has 7 nitrogen and oxygen atoms in total. The summed E-state index contributed by atoms with van der Waals surface area (Å²) in [4.78, 5) is 12.4. The number of anilines is 1. The Bertz CT molecular complexity index is 785. The third kappa shape index (κ3) is 4.76. The first kappa shape index (κ1) is 17.9. The van der Waals surface area contributed by atoms with Crippen molar-refractivity contribution < 1.29 is 21.6 Å². The maximum absolute atomic E-state index is 12.3. The Balaban J connectivity index is 2.04. The maximum Gasteiger partial charge on any atom is 0.228 e. The van der Waals surface area contributed by atoms with Crippen molar-refractivity contribution in [2.24, 2.45) is 5.92 Å². The number of hydrogen-bond acceptors (Lipinski definition) is 5. The van der Waals surface area contributed by atoms with Crippen LogP contribution in [0.1, 0.15) is 12.8 Å². The van der Waals surface area contributed by atoms with Gasteiger partial charge in [0, 0.05) is 25.0 Å². The Hall–Kier alpha value is -1.45. The minimum atomic E-state index is -3.30. The number of hydrogen-bond donors (Lipinski definition) is 1. The summed E-state index contributed by atoms with van der Waals surface area (Å²) in [6, 6.07) is 5.89. The summed E-state index contributed by atoms with van der Waals surface area (Å²) in [5.74, 6) is -0.668. The van der Waals surface area contributed by atoms with Gasteiger partial charge in [-0.3, -0.25) is 4.79 Å². The lowest BCUT2D eigenvalue weighted by atomic mass is 9.99. The van der Waals surface area contributed by atoms with Gasteiger partial charge in [0.15, 0.2) is 9.84 Å². The second kappa shape index (κ2) is 6.58. The Morgan fingerprint density at radius 1 is 1.13 bits per heavy atom. The average molecular weight is 360 g/mol. The van der Waals surface area contributed by atoms with Gasteiger partial charge < -0.3 is 5.32 Å². The van der Waals surface area contributed by atoms with Crippen LogP contribution in [-0.2, 0) is 24.7 Å². The fourth-order valence-electron chi connectivity index (χ4n) is 2.49. The molecule has 23 heavy (non-hydrogen) atoms. The summed E-state index contributed by atoms with van der Waals surface area (Å²) in [7, 11) is -6.58. The van der Waals surface area contributed by atoms with Crippen molar-refractivity contribution >= 4 is 31.5 Å². The fraction of sp³-hybridized carbons (Fsp3) is 0.500. The van der Waals surface area contributed by atoms with Crippen LogP contribution in [0.2, 0.25) is 0 Å². The summed E-state index contributed by atoms with van der Waals surface area (Å²) < 4.78 is 47.3. The van der Waals surface area contributed by atoms with Crippen molar-refractivity contribution in [2.75, 3.05) is 30.9 Å². The summed E-state index contributed by atoms with van der Waals surface area (Å²) in [6.07, 6.45) is 3.51. The topological polar surface area (TPSA) is 101 Å². The standard InChI is InChI=1S/C14H20N2O5S2/c1-22(18,19)13-7-5-12(6-8-13)15-14(17)11-4-3-9-16(10-11)23(2,20)21/h5-8,11H,3-4,9-10H2,1-2H3,(H,15,17). The van der Waals surface area contributed by atoms with Gasteiger partial charge in [0.05, 0.1) is 17.1 Å². The molecule has 1 fully saturated rings. The predicted octanol–water partition coefficient (Wildman–Crippen LogP) is 0.700. The van der Waals surface area contributed by atoms with Gasteiger partial charge in [-0.1, -0.05) is 0 Å². The van der Waals surface area contributed by atoms with Crippen LogP contribution in [0.15, 0.2) is 29.2 Å². The lowest BCUT2D eigenvalue weighted by molar-refractivity contribution is -0.120. The number of piperidine rings is 1. The molecule has 1 aromatic rings. The van der Waals surface area contributed by atoms with Crippen molar-refractivity contribution in [1.82, 2.24) is 4.31 Å². The smallest absolute Gasteiger partial charge is 0.228 e. The summed E-state index contributed by atoms with van der Waals surface area (Å²) in [6.45, 7) is 0.609. The molecule has 1 aromatic carbocycles. The van der Waals surface area contributed by atoms with Gasteiger partial charge >= 0.3 is 0 Å². The zero-order valence-corrected chi connectivity index (χ0v) is 14.7. The Morgan fingerprint density at radius 2 is 1.74 bits per heavy atom. The van der Waals surface area contributed by atoms with Crippen LogP contribution >= 0.6 is 0 Å². The third-order valence-electron chi connectivity index (χ3n) is 3.77. The molecule has 0 spiro atoms. The van der Waals surface area contributed by atoms with Crippen LogP contribution in [0.25, 0.3) is 0 Å². The fourth-order valence-corrected chi connectivity index (χ4v) is 4.03. The molecule has 1 heterocycles. The monoisotopic (exact) mass is 360 g/mol. The number of sulfone groups is 1. The van der Waals surface area contributed by atoms with E-state index in [4.69, 9.17) is 0 Å². The first-order valence-corrected chi connectivity index (χ1v) is 10.9. The van der Waals surface area contributed by atoms with E-state index >= 15 is 0 Å². The Kier molecular flexibility index (Phi) is 5.12. The van der Waals surface area contributed by atoms with Crippen molar-refractivity contribution in [1.29, 1.82) is 0 Å². The van der Waals surface area contributed by atoms with E-state index in [0.717, 1.165) is 12.5 Å². The number of carbonyl (C=O) groups excluding carboxylic acids is 1. The minimum Gasteiger partial charge on any atom is -0.326 e. The van der Waals surface area contributed by atoms with Gasteiger partial charge in [-0.25, -0.2) is 21.1 Å². The van der Waals surface area contributed by atoms with E-state index in [0.29, 0.717) is 25.1 Å². The zero-order chi connectivity index (χ0) is 17.3. The van der Waals surface area contributed by atoms with Crippen molar-refractivity contribution in [2.45, 2.75) is 17.7 Å². The highest BCUT2D eigenvalue weighted by Crippen LogP contribution is 2.21. The normalized spacial score (nSPS) is 20.2. The first-order chi connectivity index (χ1) is 10.6. The quantitative estimate of drug-likeness (QED) is 0.852. The number of nitrogens with one attached hydrogen (secondary N) is 1. The van der Waals surface area contributed by atoms with E-state index in [2.05, 4.69) is 5.32 Å². The lowest BCUT2D eigenvalue weighted by Gasteiger charge is -2.30. The van der Waals surface area contributed by atoms with Gasteiger partial charge in [-0.15, -0.1) is 0 Å². The second-order valence-corrected chi connectivity index (χ2v) is 9.74. The van der Waals surface area contributed by atoms with Crippen LogP contribution in [0.3, 0.4) is 0 Å². The predicted molar refractivity (Wildman–Crippen MR) is 87.3 cm³/mol. The highest BCUT2D eigenvalue weighted by Gasteiger charge is 2.30. The van der Waals surface area contributed by atoms with Gasteiger partial charge in [-0.05, 0) is 37.1 Å². The Morgan fingerprint density at radius 3 is 2.26 bits per heavy atom. The minimum absolute atomic E-state index is 0.173. The second-order valence-electron chi connectivity index (χ2n) is 5.75. The SMILES string of the molecule is CS(=O)(=O)c1ccc(NC(=O)C2CCCN(S(C)(=O)=O)C2)cc1. The number of benzene rings is 1. The molecular formula is C14H20N2O5S2. The van der Waals surface area contributed by atoms with E-state index in [9.17, 15) is 21.6 Å². The molecule has 1 aliphatic rings. The average Bonchev–Trinajstić information content (AvgIpc) is 2.46. The molecule has 1 N–H and O–H groups in total. The summed E-state index contributed by atoms with van der Waals surface area (Å²) >= 11 is 0. The molecule has 9 heteroatoms. The molecule has 1 atom stereocenters. The van der Waals surface area contributed by atoms with Crippen LogP contribution in [0, 0.1) is 5.92 Å². The molecule has 0 bridgehead atoms. The van der Waals surface area contributed by atoms with E-state index in [1.807, 2.05) is 0 Å². The molecule has 0 saturated carbocycles. The highest BCUT2D eigenvalue weighted by atomic mass is 32.2. The summed E-state index contributed by atoms with van der Waals surface area (Å²) in [5, 5.41) is 2.71. The summed E-state index contributed by atoms with van der Waals surface area (Å²) in [5.41, 5.74) is 0.485. The molecule has 1 saturated heterocycles. The first-order valence-electron chi connectivity index (χ1n) is 7.13. The molecule has 1 aliphatic heterocycles. The highest BCUT2D eigenvalue weighted by molar-refractivity contribution is 7.90. The third-order valence-corrected chi connectivity index (χ3v) is 6.17. The van der Waals surface area contributed by atoms with E-state index in [-0.39, 0.29) is 17.3 Å². The Labute approximate surface area is 136 Å². The van der Waals surface area contributed by atoms with Gasteiger partial charge in [0.2, 0.25) is 15.9 Å². The number of carbonyl (C=O) groups is 1. The molecule has 128 valence electrons. The molecule has 2 rings (SSSR count). The molecule has 1 unspecified atom stereocenters. The van der Waals surface area contributed by atoms with E-state index in [1.54, 1.807) is 0 Å². The molecule has 0 radical (unpaired) electrons. The van der Waals surface area contributed by atoms with Crippen LogP contribution < -0.4 is 5.32 Å². The maximum atomic E-state index is 12.3. The largest absolute Gasteiger partial charge is 0.326 e. The van der Waals surface area contributed by atoms with E-state index in [1.165, 1.54) is 28.6 Å². The number of rotatable bonds is 4. The van der Waals surface area contributed by atoms with Crippen LogP contribution in [-0.4, -0.2) is 52.6 Å². The van der Waals surface area contributed by atoms with Gasteiger partial charge in [0.1, 0.15) is 0 Å². The van der Waals surface area contributed by atoms with E-state index < -0.39 is 25.8 Å². The number of sulfonamides is 1. The van der Waals surface area contributed by atoms with Gasteiger partial charge in [0.25, 0.3) is 0 Å². The molecule has 0 aliphatic carbocycles. The van der Waals surface area contributed by atoms with Gasteiger partial charge in [-0.2, -0.15) is 0 Å². The molecule has 0 aromatic heterocycles. The zero-order valence-electron chi connectivity index (χ0n) is 13.0. The number of nitrogens with zero attached hydrogens (tertiary/aromatic N) is 1. The van der Waals surface area contributed by atoms with Crippen molar-refractivity contribution in [3.8, 4) is 0 Å². The van der Waals surface area contributed by atoms with Crippen molar-refractivity contribution in [3.05, 3.63) is 24.3 Å². The van der Waals surface area contributed by atoms with Crippen molar-refractivity contribution in [3.63, 3.8) is 0 Å². The number of amides is 1. The lowest BCUT2D eigenvalue weighted by Crippen LogP contribution is -2.43. The van der Waals surface area contributed by atoms with Crippen LogP contribution in [0.4, 0.5) is 5.69 Å². The van der Waals surface area contributed by atoms with Crippen LogP contribution in [0.5, 0.6) is 0 Å². The molecular weight excluding hydrogens is 340 g/mol.